The number of hydrogen-bond acceptors (Lipinski definition) is 6. The van der Waals surface area contributed by atoms with Gasteiger partial charge in [-0.2, -0.15) is 9.78 Å². The zero-order chi connectivity index (χ0) is 15.0. The molecule has 3 aromatic rings. The van der Waals surface area contributed by atoms with Crippen LogP contribution < -0.4 is 10.5 Å². The smallest absolute Gasteiger partial charge is 0.187 e. The maximum Gasteiger partial charge on any atom is 0.187 e. The molecule has 0 saturated carbocycles. The Bertz CT molecular complexity index is 790. The maximum absolute atomic E-state index is 5.94. The van der Waals surface area contributed by atoms with Crippen LogP contribution in [0.5, 0.6) is 5.75 Å². The fourth-order valence-corrected chi connectivity index (χ4v) is 2.20. The second-order valence-corrected chi connectivity index (χ2v) is 4.64. The highest BCUT2D eigenvalue weighted by molar-refractivity contribution is 5.67. The van der Waals surface area contributed by atoms with Gasteiger partial charge in [-0.25, -0.2) is 0 Å². The maximum atomic E-state index is 5.94. The van der Waals surface area contributed by atoms with Gasteiger partial charge in [-0.1, -0.05) is 0 Å². The molecule has 21 heavy (non-hydrogen) atoms. The molecule has 108 valence electrons. The lowest BCUT2D eigenvalue weighted by Gasteiger charge is -2.07. The molecule has 0 unspecified atom stereocenters. The molecule has 0 radical (unpaired) electrons. The first-order valence-electron chi connectivity index (χ1n) is 6.33. The number of tetrazole rings is 1. The molecule has 2 N–H and O–H groups in total. The summed E-state index contributed by atoms with van der Waals surface area (Å²) in [5.74, 6) is 1.22. The molecule has 0 saturated heterocycles. The number of aryl methyl sites for hydroxylation is 2. The van der Waals surface area contributed by atoms with Gasteiger partial charge in [0, 0.05) is 12.6 Å². The van der Waals surface area contributed by atoms with Crippen LogP contribution in [-0.4, -0.2) is 37.1 Å². The zero-order valence-electron chi connectivity index (χ0n) is 12.0. The monoisotopic (exact) mass is 285 g/mol. The van der Waals surface area contributed by atoms with E-state index in [1.807, 2.05) is 26.2 Å². The molecule has 0 spiro atoms. The van der Waals surface area contributed by atoms with Crippen LogP contribution in [0, 0.1) is 6.92 Å². The minimum absolute atomic E-state index is 0.535. The van der Waals surface area contributed by atoms with Gasteiger partial charge in [0.2, 0.25) is 0 Å². The van der Waals surface area contributed by atoms with Gasteiger partial charge in [0.15, 0.2) is 5.82 Å². The lowest BCUT2D eigenvalue weighted by molar-refractivity contribution is 0.417. The summed E-state index contributed by atoms with van der Waals surface area (Å²) in [7, 11) is 3.43. The summed E-state index contributed by atoms with van der Waals surface area (Å²) in [6.07, 6.45) is 1.86. The van der Waals surface area contributed by atoms with Crippen molar-refractivity contribution in [2.24, 2.45) is 7.05 Å². The van der Waals surface area contributed by atoms with Crippen LogP contribution in [0.15, 0.2) is 24.4 Å². The first kappa shape index (κ1) is 13.1. The first-order valence-corrected chi connectivity index (χ1v) is 6.33. The molecule has 0 fully saturated rings. The number of nitrogen functional groups attached to an aromatic ring is 1. The van der Waals surface area contributed by atoms with E-state index in [4.69, 9.17) is 10.5 Å². The van der Waals surface area contributed by atoms with Crippen molar-refractivity contribution in [3.05, 3.63) is 30.1 Å². The Morgan fingerprint density at radius 2 is 2.10 bits per heavy atom. The largest absolute Gasteiger partial charge is 0.495 e. The molecule has 0 aliphatic rings. The van der Waals surface area contributed by atoms with Gasteiger partial charge in [-0.05, 0) is 35.5 Å². The zero-order valence-corrected chi connectivity index (χ0v) is 12.0. The van der Waals surface area contributed by atoms with Crippen LogP contribution in [0.1, 0.15) is 5.69 Å². The summed E-state index contributed by atoms with van der Waals surface area (Å²) in [4.78, 5) is 0. The van der Waals surface area contributed by atoms with Gasteiger partial charge in [-0.15, -0.1) is 5.10 Å². The number of nitrogens with two attached hydrogens (primary N) is 1. The molecule has 0 aliphatic carbocycles. The Morgan fingerprint density at radius 3 is 2.71 bits per heavy atom. The van der Waals surface area contributed by atoms with E-state index in [1.54, 1.807) is 28.6 Å². The fourth-order valence-electron chi connectivity index (χ4n) is 2.20. The van der Waals surface area contributed by atoms with Gasteiger partial charge in [0.25, 0.3) is 0 Å². The number of nitrogens with zero attached hydrogens (tertiary/aromatic N) is 6. The van der Waals surface area contributed by atoms with E-state index < -0.39 is 0 Å². The van der Waals surface area contributed by atoms with Crippen LogP contribution in [0.4, 0.5) is 5.69 Å². The number of methoxy groups -OCH3 is 1. The minimum atomic E-state index is 0.535. The van der Waals surface area contributed by atoms with E-state index in [9.17, 15) is 0 Å². The highest BCUT2D eigenvalue weighted by Gasteiger charge is 2.15. The van der Waals surface area contributed by atoms with E-state index in [1.165, 1.54) is 0 Å². The second kappa shape index (κ2) is 4.89. The van der Waals surface area contributed by atoms with E-state index in [2.05, 4.69) is 20.6 Å². The van der Waals surface area contributed by atoms with Gasteiger partial charge < -0.3 is 10.5 Å². The summed E-state index contributed by atoms with van der Waals surface area (Å²) in [6, 6.07) is 5.44. The van der Waals surface area contributed by atoms with Crippen LogP contribution >= 0.6 is 0 Å². The van der Waals surface area contributed by atoms with Crippen molar-refractivity contribution in [2.45, 2.75) is 6.92 Å². The number of anilines is 1. The minimum Gasteiger partial charge on any atom is -0.495 e. The van der Waals surface area contributed by atoms with Crippen molar-refractivity contribution in [1.29, 1.82) is 0 Å². The number of aromatic nitrogens is 6. The number of hydrogen-bond donors (Lipinski definition) is 1. The third kappa shape index (κ3) is 2.20. The highest BCUT2D eigenvalue weighted by Crippen LogP contribution is 2.28. The number of benzene rings is 1. The Balaban J connectivity index is 2.11. The SMILES string of the molecule is COc1ccc(-c2nnnn2-c2cn(C)nc2C)cc1N. The molecule has 0 aliphatic heterocycles. The van der Waals surface area contributed by atoms with E-state index in [0.717, 1.165) is 16.9 Å². The molecule has 0 amide bonds. The van der Waals surface area contributed by atoms with Crippen molar-refractivity contribution in [2.75, 3.05) is 12.8 Å². The third-order valence-electron chi connectivity index (χ3n) is 3.17. The molecule has 0 bridgehead atoms. The van der Waals surface area contributed by atoms with Crippen LogP contribution in [0.2, 0.25) is 0 Å². The van der Waals surface area contributed by atoms with Crippen LogP contribution in [0.3, 0.4) is 0 Å². The van der Waals surface area contributed by atoms with E-state index in [0.29, 0.717) is 17.3 Å². The Morgan fingerprint density at radius 1 is 1.29 bits per heavy atom. The molecule has 0 atom stereocenters. The number of ether oxygens (including phenoxy) is 1. The van der Waals surface area contributed by atoms with Crippen LogP contribution in [0.25, 0.3) is 17.1 Å². The molecule has 1 aromatic carbocycles. The standard InChI is InChI=1S/C13H15N7O/c1-8-11(7-19(2)16-8)20-13(15-17-18-20)9-4-5-12(21-3)10(14)6-9/h4-7H,14H2,1-3H3. The van der Waals surface area contributed by atoms with E-state index >= 15 is 0 Å². The highest BCUT2D eigenvalue weighted by atomic mass is 16.5. The van der Waals surface area contributed by atoms with E-state index in [-0.39, 0.29) is 0 Å². The topological polar surface area (TPSA) is 96.7 Å². The lowest BCUT2D eigenvalue weighted by atomic mass is 10.1. The normalized spacial score (nSPS) is 10.8. The third-order valence-corrected chi connectivity index (χ3v) is 3.17. The van der Waals surface area contributed by atoms with Crippen LogP contribution in [-0.2, 0) is 7.05 Å². The summed E-state index contributed by atoms with van der Waals surface area (Å²) < 4.78 is 8.52. The molecule has 2 aromatic heterocycles. The van der Waals surface area contributed by atoms with Crippen molar-refractivity contribution >= 4 is 5.69 Å². The molecule has 8 heteroatoms. The summed E-state index contributed by atoms with van der Waals surface area (Å²) in [5, 5.41) is 16.2. The molecule has 2 heterocycles. The van der Waals surface area contributed by atoms with Gasteiger partial charge >= 0.3 is 0 Å². The fraction of sp³-hybridized carbons (Fsp3) is 0.231. The molecular weight excluding hydrogens is 270 g/mol. The molecular formula is C13H15N7O. The summed E-state index contributed by atoms with van der Waals surface area (Å²) in [6.45, 7) is 1.91. The lowest BCUT2D eigenvalue weighted by Crippen LogP contribution is -2.01. The van der Waals surface area contributed by atoms with Gasteiger partial charge in [-0.3, -0.25) is 4.68 Å². The Labute approximate surface area is 121 Å². The van der Waals surface area contributed by atoms with Crippen molar-refractivity contribution in [1.82, 2.24) is 30.0 Å². The first-order chi connectivity index (χ1) is 10.1. The quantitative estimate of drug-likeness (QED) is 0.720. The summed E-state index contributed by atoms with van der Waals surface area (Å²) >= 11 is 0. The Hall–Kier alpha value is -2.90. The molecule has 8 nitrogen and oxygen atoms in total. The second-order valence-electron chi connectivity index (χ2n) is 4.64. The number of rotatable bonds is 3. The average Bonchev–Trinajstić information content (AvgIpc) is 3.04. The van der Waals surface area contributed by atoms with Crippen molar-refractivity contribution in [3.63, 3.8) is 0 Å². The van der Waals surface area contributed by atoms with Gasteiger partial charge in [0.05, 0.1) is 24.7 Å². The average molecular weight is 285 g/mol. The Kier molecular flexibility index (Phi) is 3.05. The molecule has 3 rings (SSSR count). The predicted molar refractivity (Wildman–Crippen MR) is 77.1 cm³/mol. The van der Waals surface area contributed by atoms with Gasteiger partial charge in [0.1, 0.15) is 11.4 Å². The van der Waals surface area contributed by atoms with Crippen molar-refractivity contribution < 1.29 is 4.74 Å². The van der Waals surface area contributed by atoms with Crippen molar-refractivity contribution in [3.8, 4) is 22.8 Å². The summed E-state index contributed by atoms with van der Waals surface area (Å²) in [5.41, 5.74) is 8.95. The predicted octanol–water partition coefficient (Wildman–Crippen LogP) is 0.962.